The number of halogens is 5. The SMILES string of the molecule is O=C(O)c1ccc(NC(=O)C2c3cccc(C4CCC(C(=O)C(F)(F)F)CC4)c3CCN2C(=O)/C=C/c2c(-n3cnnn3)ccc(Cl)c2F)cc1. The van der Waals surface area contributed by atoms with Crippen LogP contribution in [0.2, 0.25) is 5.02 Å². The van der Waals surface area contributed by atoms with Gasteiger partial charge in [-0.3, -0.25) is 14.4 Å². The molecule has 4 aromatic rings. The number of carboxylic acids is 1. The van der Waals surface area contributed by atoms with Gasteiger partial charge in [0.05, 0.1) is 16.3 Å². The highest BCUT2D eigenvalue weighted by Gasteiger charge is 2.45. The predicted octanol–water partition coefficient (Wildman–Crippen LogP) is 6.34. The summed E-state index contributed by atoms with van der Waals surface area (Å²) in [4.78, 5) is 52.5. The number of anilines is 1. The summed E-state index contributed by atoms with van der Waals surface area (Å²) in [7, 11) is 0. The number of amides is 2. The van der Waals surface area contributed by atoms with Crippen LogP contribution >= 0.6 is 11.6 Å². The molecular formula is C35H29ClF4N6O5. The van der Waals surface area contributed by atoms with Crippen molar-refractivity contribution in [2.24, 2.45) is 5.92 Å². The smallest absolute Gasteiger partial charge is 0.450 e. The number of carbonyl (C=O) groups excluding carboxylic acids is 3. The molecule has 51 heavy (non-hydrogen) atoms. The number of hydrogen-bond donors (Lipinski definition) is 2. The quantitative estimate of drug-likeness (QED) is 0.158. The summed E-state index contributed by atoms with van der Waals surface area (Å²) >= 11 is 6.04. The Kier molecular flexibility index (Phi) is 10.0. The second kappa shape index (κ2) is 14.4. The first-order valence-corrected chi connectivity index (χ1v) is 16.3. The number of ketones is 1. The van der Waals surface area contributed by atoms with Crippen molar-refractivity contribution in [1.29, 1.82) is 0 Å². The highest BCUT2D eigenvalue weighted by Crippen LogP contribution is 2.43. The standard InChI is InChI=1S/C35H29ClF4N6O5/c36-27-13-14-28(46-18-41-43-44-46)26(30(27)37)12-15-29(47)45-17-16-24-23(19-4-6-20(7-5-19)32(48)35(38,39)40)2-1-3-25(24)31(45)33(49)42-22-10-8-21(9-11-22)34(50)51/h1-3,8-15,18-20,31H,4-7,16-17H2,(H,42,49)(H,50,51)/b15-12+. The minimum absolute atomic E-state index is 0.00328. The van der Waals surface area contributed by atoms with E-state index in [4.69, 9.17) is 11.6 Å². The number of rotatable bonds is 8. The van der Waals surface area contributed by atoms with Crippen LogP contribution in [0.4, 0.5) is 23.2 Å². The molecule has 2 amide bonds. The molecule has 0 bridgehead atoms. The molecule has 16 heteroatoms. The van der Waals surface area contributed by atoms with Crippen LogP contribution in [0.3, 0.4) is 0 Å². The lowest BCUT2D eigenvalue weighted by Crippen LogP contribution is -2.45. The van der Waals surface area contributed by atoms with Gasteiger partial charge in [-0.2, -0.15) is 17.9 Å². The summed E-state index contributed by atoms with van der Waals surface area (Å²) in [5.41, 5.74) is 2.51. The molecule has 264 valence electrons. The zero-order valence-corrected chi connectivity index (χ0v) is 27.4. The molecule has 1 atom stereocenters. The van der Waals surface area contributed by atoms with Crippen LogP contribution < -0.4 is 5.32 Å². The van der Waals surface area contributed by atoms with E-state index >= 15 is 4.39 Å². The van der Waals surface area contributed by atoms with Gasteiger partial charge >= 0.3 is 12.1 Å². The van der Waals surface area contributed by atoms with E-state index in [9.17, 15) is 37.5 Å². The second-order valence-electron chi connectivity index (χ2n) is 12.3. The van der Waals surface area contributed by atoms with Gasteiger partial charge in [-0.25, -0.2) is 9.18 Å². The minimum atomic E-state index is -4.89. The Morgan fingerprint density at radius 3 is 2.31 bits per heavy atom. The van der Waals surface area contributed by atoms with Crippen LogP contribution in [0.5, 0.6) is 0 Å². The van der Waals surface area contributed by atoms with Crippen molar-refractivity contribution in [2.75, 3.05) is 11.9 Å². The number of aromatic nitrogens is 4. The van der Waals surface area contributed by atoms with Crippen LogP contribution in [0, 0.1) is 11.7 Å². The Labute approximate surface area is 292 Å². The number of tetrazole rings is 1. The van der Waals surface area contributed by atoms with Crippen molar-refractivity contribution in [1.82, 2.24) is 25.1 Å². The van der Waals surface area contributed by atoms with E-state index in [-0.39, 0.29) is 52.8 Å². The average molecular weight is 725 g/mol. The zero-order valence-electron chi connectivity index (χ0n) is 26.6. The molecule has 6 rings (SSSR count). The van der Waals surface area contributed by atoms with Gasteiger partial charge in [-0.15, -0.1) is 5.10 Å². The van der Waals surface area contributed by atoms with Gasteiger partial charge in [-0.1, -0.05) is 29.8 Å². The summed E-state index contributed by atoms with van der Waals surface area (Å²) in [6.07, 6.45) is -0.181. The third-order valence-corrected chi connectivity index (χ3v) is 9.60. The highest BCUT2D eigenvalue weighted by molar-refractivity contribution is 6.31. The zero-order chi connectivity index (χ0) is 36.4. The van der Waals surface area contributed by atoms with Gasteiger partial charge in [0.15, 0.2) is 5.82 Å². The van der Waals surface area contributed by atoms with Crippen LogP contribution in [-0.2, 0) is 20.8 Å². The van der Waals surface area contributed by atoms with E-state index in [1.54, 1.807) is 12.1 Å². The van der Waals surface area contributed by atoms with Gasteiger partial charge in [-0.05, 0) is 108 Å². The number of fused-ring (bicyclic) bond motifs is 1. The molecule has 1 saturated carbocycles. The van der Waals surface area contributed by atoms with Crippen LogP contribution in [0.25, 0.3) is 11.8 Å². The van der Waals surface area contributed by atoms with E-state index in [0.29, 0.717) is 24.8 Å². The lowest BCUT2D eigenvalue weighted by Gasteiger charge is -2.38. The fourth-order valence-electron chi connectivity index (χ4n) is 6.84. The first kappa shape index (κ1) is 35.4. The molecule has 0 saturated heterocycles. The van der Waals surface area contributed by atoms with Crippen LogP contribution in [0.15, 0.2) is 67.0 Å². The lowest BCUT2D eigenvalue weighted by atomic mass is 9.74. The van der Waals surface area contributed by atoms with E-state index in [0.717, 1.165) is 17.2 Å². The molecule has 1 aliphatic heterocycles. The summed E-state index contributed by atoms with van der Waals surface area (Å²) in [5.74, 6) is -6.20. The van der Waals surface area contributed by atoms with E-state index < -0.39 is 47.5 Å². The second-order valence-corrected chi connectivity index (χ2v) is 12.7. The Hall–Kier alpha value is -5.44. The molecule has 1 fully saturated rings. The molecule has 2 heterocycles. The lowest BCUT2D eigenvalue weighted by molar-refractivity contribution is -0.176. The van der Waals surface area contributed by atoms with E-state index in [1.807, 2.05) is 6.07 Å². The first-order chi connectivity index (χ1) is 24.3. The predicted molar refractivity (Wildman–Crippen MR) is 176 cm³/mol. The Bertz CT molecular complexity index is 2010. The van der Waals surface area contributed by atoms with E-state index in [1.165, 1.54) is 58.4 Å². The number of aromatic carboxylic acids is 1. The van der Waals surface area contributed by atoms with Crippen molar-refractivity contribution in [3.05, 3.63) is 106 Å². The largest absolute Gasteiger partial charge is 0.478 e. The third-order valence-electron chi connectivity index (χ3n) is 9.30. The highest BCUT2D eigenvalue weighted by atomic mass is 35.5. The van der Waals surface area contributed by atoms with Gasteiger partial charge in [0.2, 0.25) is 11.7 Å². The van der Waals surface area contributed by atoms with Crippen molar-refractivity contribution in [3.8, 4) is 5.69 Å². The molecule has 0 radical (unpaired) electrons. The number of benzene rings is 3. The summed E-state index contributed by atoms with van der Waals surface area (Å²) in [6.45, 7) is 0.0585. The van der Waals surface area contributed by atoms with Gasteiger partial charge in [0.1, 0.15) is 12.4 Å². The van der Waals surface area contributed by atoms with Crippen molar-refractivity contribution in [2.45, 2.75) is 50.2 Å². The number of alkyl halides is 3. The number of nitrogens with one attached hydrogen (secondary N) is 1. The first-order valence-electron chi connectivity index (χ1n) is 15.9. The Morgan fingerprint density at radius 1 is 0.961 bits per heavy atom. The summed E-state index contributed by atoms with van der Waals surface area (Å²) < 4.78 is 55.7. The van der Waals surface area contributed by atoms with Gasteiger partial charge in [0.25, 0.3) is 5.91 Å². The Morgan fingerprint density at radius 2 is 1.67 bits per heavy atom. The number of carbonyl (C=O) groups is 4. The fourth-order valence-corrected chi connectivity index (χ4v) is 7.01. The van der Waals surface area contributed by atoms with Crippen LogP contribution in [0.1, 0.15) is 70.3 Å². The fraction of sp³-hybridized carbons (Fsp3) is 0.286. The van der Waals surface area contributed by atoms with Crippen molar-refractivity contribution < 1.29 is 41.8 Å². The maximum absolute atomic E-state index is 15.3. The van der Waals surface area contributed by atoms with Gasteiger partial charge < -0.3 is 15.3 Å². The van der Waals surface area contributed by atoms with Crippen molar-refractivity contribution >= 4 is 46.9 Å². The maximum Gasteiger partial charge on any atom is 0.450 e. The number of carboxylic acid groups (broad SMARTS) is 1. The summed E-state index contributed by atoms with van der Waals surface area (Å²) in [5, 5.41) is 22.7. The number of nitrogens with zero attached hydrogens (tertiary/aromatic N) is 5. The monoisotopic (exact) mass is 724 g/mol. The van der Waals surface area contributed by atoms with E-state index in [2.05, 4.69) is 20.8 Å². The topological polar surface area (TPSA) is 147 Å². The molecular weight excluding hydrogens is 696 g/mol. The number of Topliss-reactive ketones (excluding diaryl/α,β-unsaturated/α-hetero) is 1. The molecule has 1 aliphatic carbocycles. The summed E-state index contributed by atoms with van der Waals surface area (Å²) in [6, 6.07) is 12.3. The number of hydrogen-bond acceptors (Lipinski definition) is 7. The average Bonchev–Trinajstić information content (AvgIpc) is 3.66. The molecule has 2 N–H and O–H groups in total. The molecule has 1 aromatic heterocycles. The molecule has 0 spiro atoms. The Balaban J connectivity index is 1.32. The van der Waals surface area contributed by atoms with Crippen LogP contribution in [-0.4, -0.2) is 66.5 Å². The van der Waals surface area contributed by atoms with Crippen molar-refractivity contribution in [3.63, 3.8) is 0 Å². The maximum atomic E-state index is 15.3. The molecule has 11 nitrogen and oxygen atoms in total. The molecule has 2 aliphatic rings. The molecule has 3 aromatic carbocycles. The third kappa shape index (κ3) is 7.38. The van der Waals surface area contributed by atoms with Gasteiger partial charge in [0, 0.05) is 29.8 Å². The normalized spacial score (nSPS) is 19.1. The molecule has 1 unspecified atom stereocenters. The minimum Gasteiger partial charge on any atom is -0.478 e.